The summed E-state index contributed by atoms with van der Waals surface area (Å²) >= 11 is 0. The lowest BCUT2D eigenvalue weighted by Crippen LogP contribution is -2.36. The van der Waals surface area contributed by atoms with E-state index in [0.29, 0.717) is 11.1 Å². The first kappa shape index (κ1) is 44.0. The fraction of sp³-hybridized carbons (Fsp3) is 0.750. The van der Waals surface area contributed by atoms with Crippen molar-refractivity contribution in [1.29, 1.82) is 0 Å². The van der Waals surface area contributed by atoms with Crippen LogP contribution in [0.3, 0.4) is 0 Å². The first-order valence-corrected chi connectivity index (χ1v) is 22.8. The van der Waals surface area contributed by atoms with Gasteiger partial charge in [0.25, 0.3) is 0 Å². The predicted molar refractivity (Wildman–Crippen MR) is 227 cm³/mol. The molecule has 0 unspecified atom stereocenters. The third kappa shape index (κ3) is 17.2. The van der Waals surface area contributed by atoms with E-state index in [1.807, 2.05) is 24.3 Å². The first-order chi connectivity index (χ1) is 25.7. The van der Waals surface area contributed by atoms with Crippen LogP contribution in [0.2, 0.25) is 0 Å². The van der Waals surface area contributed by atoms with Gasteiger partial charge in [0, 0.05) is 25.5 Å². The van der Waals surface area contributed by atoms with Gasteiger partial charge in [-0.05, 0) is 37.1 Å². The van der Waals surface area contributed by atoms with Gasteiger partial charge in [-0.25, -0.2) is 0 Å². The molecule has 0 spiro atoms. The number of hydrogen-bond donors (Lipinski definition) is 0. The van der Waals surface area contributed by atoms with Crippen molar-refractivity contribution in [3.05, 3.63) is 57.1 Å². The third-order valence-corrected chi connectivity index (χ3v) is 11.6. The fourth-order valence-corrected chi connectivity index (χ4v) is 8.21. The van der Waals surface area contributed by atoms with Gasteiger partial charge in [0.2, 0.25) is 10.9 Å². The van der Waals surface area contributed by atoms with Crippen molar-refractivity contribution in [2.75, 3.05) is 0 Å². The lowest BCUT2D eigenvalue weighted by molar-refractivity contribution is 0.521. The molecule has 0 atom stereocenters. The molecule has 294 valence electrons. The van der Waals surface area contributed by atoms with E-state index in [0.717, 1.165) is 37.3 Å². The molecule has 2 aromatic heterocycles. The van der Waals surface area contributed by atoms with E-state index < -0.39 is 0 Å². The molecule has 0 saturated carbocycles. The standard InChI is InChI=1S/C48H80N2O2/c1-3-5-7-9-11-13-15-17-19-21-23-25-27-29-31-33-39-49-41-35-37-43(49)45-46(48(52)47(45)51)44-38-36-42-50(44)40-34-32-30-28-26-24-22-20-18-16-14-12-10-8-6-4-2/h35-38,41-42H,3-34,39-40H2,1-2H3. The molecule has 4 heteroatoms. The van der Waals surface area contributed by atoms with E-state index in [9.17, 15) is 9.59 Å². The highest BCUT2D eigenvalue weighted by molar-refractivity contribution is 5.84. The van der Waals surface area contributed by atoms with Crippen LogP contribution in [0.5, 0.6) is 0 Å². The number of rotatable bonds is 36. The molecule has 0 fully saturated rings. The van der Waals surface area contributed by atoms with E-state index in [-0.39, 0.29) is 10.9 Å². The fourth-order valence-electron chi connectivity index (χ4n) is 8.21. The molecule has 3 aromatic rings. The molecule has 0 bridgehead atoms. The summed E-state index contributed by atoms with van der Waals surface area (Å²) in [5.74, 6) is 0. The van der Waals surface area contributed by atoms with Crippen molar-refractivity contribution in [3.8, 4) is 22.5 Å². The first-order valence-electron chi connectivity index (χ1n) is 22.8. The largest absolute Gasteiger partial charge is 0.347 e. The van der Waals surface area contributed by atoms with Crippen LogP contribution in [0.25, 0.3) is 22.5 Å². The van der Waals surface area contributed by atoms with E-state index in [4.69, 9.17) is 0 Å². The number of aromatic nitrogens is 2. The Labute approximate surface area is 320 Å². The van der Waals surface area contributed by atoms with Crippen LogP contribution in [-0.4, -0.2) is 9.13 Å². The monoisotopic (exact) mass is 717 g/mol. The molecule has 0 saturated heterocycles. The Hall–Kier alpha value is -2.36. The van der Waals surface area contributed by atoms with Crippen LogP contribution < -0.4 is 10.9 Å². The highest BCUT2D eigenvalue weighted by Crippen LogP contribution is 2.30. The molecule has 0 N–H and O–H groups in total. The van der Waals surface area contributed by atoms with Gasteiger partial charge in [-0.1, -0.05) is 206 Å². The minimum Gasteiger partial charge on any atom is -0.347 e. The highest BCUT2D eigenvalue weighted by atomic mass is 16.2. The topological polar surface area (TPSA) is 44.0 Å². The Bertz CT molecular complexity index is 1240. The average Bonchev–Trinajstić information content (AvgIpc) is 3.82. The molecule has 3 rings (SSSR count). The average molecular weight is 717 g/mol. The van der Waals surface area contributed by atoms with Crippen molar-refractivity contribution in [2.45, 2.75) is 232 Å². The maximum Gasteiger partial charge on any atom is 0.236 e. The number of aryl methyl sites for hydroxylation is 2. The van der Waals surface area contributed by atoms with Crippen molar-refractivity contribution >= 4 is 0 Å². The van der Waals surface area contributed by atoms with Crippen LogP contribution >= 0.6 is 0 Å². The SMILES string of the molecule is CCCCCCCCCCCCCCCCCCn1cccc1-c1c(-c2cccn2CCCCCCCCCCCCCCCCCC)c(=O)c1=O. The maximum absolute atomic E-state index is 12.9. The van der Waals surface area contributed by atoms with Gasteiger partial charge in [-0.2, -0.15) is 0 Å². The number of hydrogen-bond acceptors (Lipinski definition) is 2. The minimum atomic E-state index is -0.322. The Balaban J connectivity index is 1.26. The van der Waals surface area contributed by atoms with Crippen LogP contribution in [0.1, 0.15) is 219 Å². The van der Waals surface area contributed by atoms with Gasteiger partial charge < -0.3 is 9.13 Å². The predicted octanol–water partition coefficient (Wildman–Crippen LogP) is 14.7. The Morgan fingerprint density at radius 3 is 0.827 bits per heavy atom. The summed E-state index contributed by atoms with van der Waals surface area (Å²) in [4.78, 5) is 25.9. The second kappa shape index (κ2) is 29.1. The summed E-state index contributed by atoms with van der Waals surface area (Å²) < 4.78 is 4.40. The lowest BCUT2D eigenvalue weighted by Gasteiger charge is -2.16. The van der Waals surface area contributed by atoms with Gasteiger partial charge in [-0.15, -0.1) is 0 Å². The second-order valence-corrected chi connectivity index (χ2v) is 16.2. The lowest BCUT2D eigenvalue weighted by atomic mass is 9.95. The van der Waals surface area contributed by atoms with Crippen molar-refractivity contribution in [1.82, 2.24) is 9.13 Å². The van der Waals surface area contributed by atoms with E-state index in [2.05, 4.69) is 35.4 Å². The van der Waals surface area contributed by atoms with Gasteiger partial charge in [-0.3, -0.25) is 9.59 Å². The summed E-state index contributed by atoms with van der Waals surface area (Å²) in [7, 11) is 0. The Kier molecular flexibility index (Phi) is 24.6. The zero-order valence-corrected chi connectivity index (χ0v) is 34.2. The summed E-state index contributed by atoms with van der Waals surface area (Å²) in [6.07, 6.45) is 47.8. The van der Waals surface area contributed by atoms with E-state index in [1.165, 1.54) is 193 Å². The van der Waals surface area contributed by atoms with Gasteiger partial charge in [0.1, 0.15) is 0 Å². The van der Waals surface area contributed by atoms with Crippen LogP contribution in [0.4, 0.5) is 0 Å². The van der Waals surface area contributed by atoms with Crippen molar-refractivity contribution < 1.29 is 0 Å². The molecule has 0 amide bonds. The molecular formula is C48H80N2O2. The van der Waals surface area contributed by atoms with Crippen LogP contribution in [0, 0.1) is 0 Å². The van der Waals surface area contributed by atoms with Crippen molar-refractivity contribution in [3.63, 3.8) is 0 Å². The molecule has 2 heterocycles. The molecule has 1 aromatic carbocycles. The van der Waals surface area contributed by atoms with E-state index in [1.54, 1.807) is 0 Å². The quantitative estimate of drug-likeness (QED) is 0.0444. The molecule has 0 aliphatic rings. The van der Waals surface area contributed by atoms with Crippen LogP contribution in [-0.2, 0) is 13.1 Å². The number of nitrogens with zero attached hydrogens (tertiary/aromatic N) is 2. The zero-order chi connectivity index (χ0) is 36.9. The maximum atomic E-state index is 12.9. The molecule has 0 aliphatic carbocycles. The molecule has 0 radical (unpaired) electrons. The summed E-state index contributed by atoms with van der Waals surface area (Å²) in [5, 5.41) is 0. The summed E-state index contributed by atoms with van der Waals surface area (Å²) in [5.41, 5.74) is 2.43. The van der Waals surface area contributed by atoms with E-state index >= 15 is 0 Å². The normalized spacial score (nSPS) is 11.7. The molecule has 0 aliphatic heterocycles. The smallest absolute Gasteiger partial charge is 0.236 e. The molecule has 52 heavy (non-hydrogen) atoms. The Morgan fingerprint density at radius 2 is 0.577 bits per heavy atom. The molecular weight excluding hydrogens is 637 g/mol. The number of unbranched alkanes of at least 4 members (excludes halogenated alkanes) is 30. The summed E-state index contributed by atoms with van der Waals surface area (Å²) in [6, 6.07) is 8.10. The zero-order valence-electron chi connectivity index (χ0n) is 34.2. The van der Waals surface area contributed by atoms with Crippen LogP contribution in [0.15, 0.2) is 46.2 Å². The Morgan fingerprint density at radius 1 is 0.346 bits per heavy atom. The molecule has 4 nitrogen and oxygen atoms in total. The van der Waals surface area contributed by atoms with Gasteiger partial charge in [0.15, 0.2) is 0 Å². The third-order valence-electron chi connectivity index (χ3n) is 11.6. The highest BCUT2D eigenvalue weighted by Gasteiger charge is 2.27. The second-order valence-electron chi connectivity index (χ2n) is 16.2. The van der Waals surface area contributed by atoms with Gasteiger partial charge >= 0.3 is 0 Å². The summed E-state index contributed by atoms with van der Waals surface area (Å²) in [6.45, 7) is 6.38. The van der Waals surface area contributed by atoms with Crippen molar-refractivity contribution in [2.24, 2.45) is 0 Å². The minimum absolute atomic E-state index is 0.322. The van der Waals surface area contributed by atoms with Gasteiger partial charge in [0.05, 0.1) is 22.5 Å².